The maximum absolute atomic E-state index is 16.4. The first-order valence-corrected chi connectivity index (χ1v) is 15.1. The van der Waals surface area contributed by atoms with Crippen molar-refractivity contribution in [2.24, 2.45) is 14.1 Å². The number of benzene rings is 2. The minimum Gasteiger partial charge on any atom is -0.481 e. The van der Waals surface area contributed by atoms with Gasteiger partial charge in [0.15, 0.2) is 0 Å². The Hall–Kier alpha value is -4.61. The average molecular weight is 614 g/mol. The smallest absolute Gasteiger partial charge is 0.330 e. The Morgan fingerprint density at radius 1 is 1.04 bits per heavy atom. The first-order valence-electron chi connectivity index (χ1n) is 15.1. The van der Waals surface area contributed by atoms with Crippen molar-refractivity contribution in [1.82, 2.24) is 19.4 Å². The Kier molecular flexibility index (Phi) is 8.39. The van der Waals surface area contributed by atoms with Crippen molar-refractivity contribution in [3.8, 4) is 28.3 Å². The molecule has 2 aromatic heterocycles. The summed E-state index contributed by atoms with van der Waals surface area (Å²) in [5, 5.41) is 6.52. The lowest BCUT2D eigenvalue weighted by Crippen LogP contribution is -2.40. The lowest BCUT2D eigenvalue weighted by Gasteiger charge is -2.27. The van der Waals surface area contributed by atoms with E-state index in [2.05, 4.69) is 10.6 Å². The lowest BCUT2D eigenvalue weighted by molar-refractivity contribution is 0.0747. The second kappa shape index (κ2) is 12.4. The predicted octanol–water partition coefficient (Wildman–Crippen LogP) is 4.28. The Morgan fingerprint density at radius 2 is 1.76 bits per heavy atom. The number of hydrogen-bond donors (Lipinski definition) is 2. The Bertz CT molecular complexity index is 1910. The highest BCUT2D eigenvalue weighted by atomic mass is 19.1. The zero-order valence-corrected chi connectivity index (χ0v) is 25.8. The summed E-state index contributed by atoms with van der Waals surface area (Å²) in [4.78, 5) is 42.5. The van der Waals surface area contributed by atoms with Crippen LogP contribution in [0, 0.1) is 12.7 Å². The van der Waals surface area contributed by atoms with Crippen LogP contribution in [0.3, 0.4) is 0 Å². The van der Waals surface area contributed by atoms with E-state index in [9.17, 15) is 14.4 Å². The van der Waals surface area contributed by atoms with Crippen LogP contribution >= 0.6 is 0 Å². The molecule has 234 valence electrons. The number of nitrogens with one attached hydrogen (secondary N) is 2. The third-order valence-corrected chi connectivity index (χ3v) is 8.85. The Labute approximate surface area is 259 Å². The van der Waals surface area contributed by atoms with Crippen LogP contribution in [0.5, 0.6) is 5.88 Å². The minimum absolute atomic E-state index is 0.123. The normalized spacial score (nSPS) is 16.4. The van der Waals surface area contributed by atoms with Gasteiger partial charge in [0, 0.05) is 68.0 Å². The minimum atomic E-state index is -0.703. The van der Waals surface area contributed by atoms with Gasteiger partial charge in [-0.3, -0.25) is 14.2 Å². The molecule has 3 heterocycles. The van der Waals surface area contributed by atoms with Crippen LogP contribution in [0.15, 0.2) is 58.3 Å². The van der Waals surface area contributed by atoms with Gasteiger partial charge in [-0.2, -0.15) is 0 Å². The highest BCUT2D eigenvalue weighted by Crippen LogP contribution is 2.41. The molecule has 1 amide bonds. The van der Waals surface area contributed by atoms with Crippen LogP contribution in [-0.4, -0.2) is 46.4 Å². The number of halogens is 1. The third-order valence-electron chi connectivity index (χ3n) is 8.85. The van der Waals surface area contributed by atoms with Crippen molar-refractivity contribution >= 4 is 11.6 Å². The van der Waals surface area contributed by atoms with Gasteiger partial charge in [0.25, 0.3) is 11.5 Å². The fourth-order valence-corrected chi connectivity index (χ4v) is 6.37. The molecule has 6 rings (SSSR count). The molecule has 2 aliphatic rings. The highest BCUT2D eigenvalue weighted by molar-refractivity contribution is 6.04. The van der Waals surface area contributed by atoms with Gasteiger partial charge in [-0.1, -0.05) is 24.3 Å². The summed E-state index contributed by atoms with van der Waals surface area (Å²) in [6, 6.07) is 12.8. The number of pyridine rings is 1. The molecule has 0 bridgehead atoms. The van der Waals surface area contributed by atoms with Gasteiger partial charge in [0.2, 0.25) is 5.88 Å². The molecular formula is C34H36FN5O5. The molecule has 1 aliphatic carbocycles. The summed E-state index contributed by atoms with van der Waals surface area (Å²) in [5.74, 6) is -0.611. The SMILES string of the molecule is COc1nc(-c2cccc(-c3cccc(NC(=O)c4cn(C)c(=O)n(C)c4=O)c3C)c2F)cc2c1C(NC1CCOCC1)CC2. The summed E-state index contributed by atoms with van der Waals surface area (Å²) < 4.78 is 29.7. The summed E-state index contributed by atoms with van der Waals surface area (Å²) in [7, 11) is 4.38. The maximum atomic E-state index is 16.4. The lowest BCUT2D eigenvalue weighted by atomic mass is 9.95. The number of methoxy groups -OCH3 is 1. The van der Waals surface area contributed by atoms with E-state index in [1.54, 1.807) is 50.4 Å². The molecule has 4 aromatic rings. The monoisotopic (exact) mass is 613 g/mol. The van der Waals surface area contributed by atoms with Gasteiger partial charge in [-0.15, -0.1) is 0 Å². The number of aryl methyl sites for hydroxylation is 2. The van der Waals surface area contributed by atoms with Crippen molar-refractivity contribution in [3.05, 3.63) is 97.6 Å². The number of amides is 1. The number of fused-ring (bicyclic) bond motifs is 1. The van der Waals surface area contributed by atoms with Gasteiger partial charge >= 0.3 is 5.69 Å². The summed E-state index contributed by atoms with van der Waals surface area (Å²) in [5.41, 5.74) is 3.50. The fraction of sp³-hybridized carbons (Fsp3) is 0.353. The molecule has 0 radical (unpaired) electrons. The van der Waals surface area contributed by atoms with E-state index in [1.807, 2.05) is 6.07 Å². The summed E-state index contributed by atoms with van der Waals surface area (Å²) in [6.45, 7) is 3.29. The number of aromatic nitrogens is 3. The highest BCUT2D eigenvalue weighted by Gasteiger charge is 2.31. The molecule has 1 saturated heterocycles. The molecule has 0 spiro atoms. The second-order valence-electron chi connectivity index (χ2n) is 11.6. The number of carbonyl (C=O) groups is 1. The van der Waals surface area contributed by atoms with Gasteiger partial charge in [0.05, 0.1) is 12.8 Å². The van der Waals surface area contributed by atoms with E-state index in [1.165, 1.54) is 24.9 Å². The molecule has 10 nitrogen and oxygen atoms in total. The zero-order valence-electron chi connectivity index (χ0n) is 25.8. The Balaban J connectivity index is 1.32. The second-order valence-corrected chi connectivity index (χ2v) is 11.6. The quantitative estimate of drug-likeness (QED) is 0.320. The largest absolute Gasteiger partial charge is 0.481 e. The van der Waals surface area contributed by atoms with Gasteiger partial charge < -0.3 is 24.7 Å². The van der Waals surface area contributed by atoms with Crippen molar-refractivity contribution < 1.29 is 18.7 Å². The van der Waals surface area contributed by atoms with Crippen molar-refractivity contribution in [2.45, 2.75) is 44.7 Å². The van der Waals surface area contributed by atoms with E-state index in [4.69, 9.17) is 14.5 Å². The maximum Gasteiger partial charge on any atom is 0.330 e. The molecule has 0 saturated carbocycles. The zero-order chi connectivity index (χ0) is 31.8. The van der Waals surface area contributed by atoms with E-state index >= 15 is 4.39 Å². The average Bonchev–Trinajstić information content (AvgIpc) is 3.45. The molecule has 45 heavy (non-hydrogen) atoms. The third kappa shape index (κ3) is 5.69. The topological polar surface area (TPSA) is 116 Å². The van der Waals surface area contributed by atoms with E-state index < -0.39 is 23.0 Å². The van der Waals surface area contributed by atoms with Crippen molar-refractivity contribution in [3.63, 3.8) is 0 Å². The number of carbonyl (C=O) groups excluding carboxylic acids is 1. The predicted molar refractivity (Wildman–Crippen MR) is 169 cm³/mol. The molecular weight excluding hydrogens is 577 g/mol. The standard InChI is InChI=1S/C34H36FN5O5/c1-19-22(7-6-10-26(19)37-31(41)25-18-39(2)34(43)40(3)33(25)42)23-8-5-9-24(30(23)35)28-17-20-11-12-27(29(20)32(38-28)44-4)36-21-13-15-45-16-14-21/h5-10,17-18,21,27,36H,11-16H2,1-4H3,(H,37,41). The number of rotatable bonds is 7. The van der Waals surface area contributed by atoms with E-state index in [0.29, 0.717) is 45.6 Å². The number of nitrogens with zero attached hydrogens (tertiary/aromatic N) is 3. The molecule has 2 N–H and O–H groups in total. The molecule has 1 unspecified atom stereocenters. The molecule has 1 aliphatic heterocycles. The number of ether oxygens (including phenoxy) is 2. The van der Waals surface area contributed by atoms with Crippen LogP contribution in [0.4, 0.5) is 10.1 Å². The first kappa shape index (κ1) is 30.4. The summed E-state index contributed by atoms with van der Waals surface area (Å²) >= 11 is 0. The molecule has 1 fully saturated rings. The van der Waals surface area contributed by atoms with Crippen molar-refractivity contribution in [1.29, 1.82) is 0 Å². The Morgan fingerprint density at radius 3 is 2.51 bits per heavy atom. The molecule has 1 atom stereocenters. The van der Waals surface area contributed by atoms with Crippen LogP contribution in [0.25, 0.3) is 22.4 Å². The number of hydrogen-bond acceptors (Lipinski definition) is 7. The van der Waals surface area contributed by atoms with E-state index in [0.717, 1.165) is 54.6 Å². The molecule has 2 aromatic carbocycles. The van der Waals surface area contributed by atoms with E-state index in [-0.39, 0.29) is 11.6 Å². The molecule has 11 heteroatoms. The van der Waals surface area contributed by atoms with Crippen molar-refractivity contribution in [2.75, 3.05) is 25.6 Å². The summed E-state index contributed by atoms with van der Waals surface area (Å²) in [6.07, 6.45) is 4.90. The number of anilines is 1. The van der Waals surface area contributed by atoms with Crippen LogP contribution < -0.4 is 26.6 Å². The fourth-order valence-electron chi connectivity index (χ4n) is 6.37. The van der Waals surface area contributed by atoms with Crippen LogP contribution in [0.2, 0.25) is 0 Å². The van der Waals surface area contributed by atoms with Gasteiger partial charge in [-0.05, 0) is 67.5 Å². The van der Waals surface area contributed by atoms with Crippen LogP contribution in [-0.2, 0) is 25.3 Å². The first-order chi connectivity index (χ1) is 21.7. The van der Waals surface area contributed by atoms with Gasteiger partial charge in [0.1, 0.15) is 11.4 Å². The van der Waals surface area contributed by atoms with Gasteiger partial charge in [-0.25, -0.2) is 14.2 Å². The van der Waals surface area contributed by atoms with Crippen LogP contribution in [0.1, 0.15) is 52.4 Å².